The van der Waals surface area contributed by atoms with E-state index in [0.29, 0.717) is 19.4 Å². The predicted molar refractivity (Wildman–Crippen MR) is 101 cm³/mol. The number of hydrogen-bond acceptors (Lipinski definition) is 2. The second-order valence-electron chi connectivity index (χ2n) is 8.08. The van der Waals surface area contributed by atoms with Crippen molar-refractivity contribution < 1.29 is 14.7 Å². The van der Waals surface area contributed by atoms with Crippen molar-refractivity contribution in [3.8, 4) is 0 Å². The van der Waals surface area contributed by atoms with Crippen LogP contribution in [0.3, 0.4) is 0 Å². The Kier molecular flexibility index (Phi) is 6.17. The van der Waals surface area contributed by atoms with Crippen LogP contribution in [0.1, 0.15) is 56.9 Å². The summed E-state index contributed by atoms with van der Waals surface area (Å²) >= 11 is 0. The van der Waals surface area contributed by atoms with E-state index in [-0.39, 0.29) is 23.4 Å². The van der Waals surface area contributed by atoms with Crippen LogP contribution in [0.25, 0.3) is 0 Å². The zero-order chi connectivity index (χ0) is 18.4. The average molecular weight is 358 g/mol. The van der Waals surface area contributed by atoms with Gasteiger partial charge in [-0.2, -0.15) is 0 Å². The number of hydrogen-bond donors (Lipinski definition) is 3. The monoisotopic (exact) mass is 358 g/mol. The van der Waals surface area contributed by atoms with E-state index in [4.69, 9.17) is 5.11 Å². The number of rotatable bonds is 6. The van der Waals surface area contributed by atoms with Crippen molar-refractivity contribution in [3.63, 3.8) is 0 Å². The minimum Gasteiger partial charge on any atom is -0.481 e. The number of nitrogens with one attached hydrogen (secondary N) is 2. The van der Waals surface area contributed by atoms with Gasteiger partial charge in [0.1, 0.15) is 0 Å². The minimum absolute atomic E-state index is 0.0965. The zero-order valence-electron chi connectivity index (χ0n) is 15.4. The molecule has 2 amide bonds. The van der Waals surface area contributed by atoms with Crippen molar-refractivity contribution in [1.82, 2.24) is 10.6 Å². The van der Waals surface area contributed by atoms with E-state index in [9.17, 15) is 9.59 Å². The molecule has 0 radical (unpaired) electrons. The van der Waals surface area contributed by atoms with Gasteiger partial charge in [-0.25, -0.2) is 4.79 Å². The van der Waals surface area contributed by atoms with Gasteiger partial charge in [0.05, 0.1) is 5.92 Å². The van der Waals surface area contributed by atoms with Gasteiger partial charge in [-0.05, 0) is 55.9 Å². The highest BCUT2D eigenvalue weighted by molar-refractivity contribution is 5.74. The van der Waals surface area contributed by atoms with E-state index in [1.165, 1.54) is 18.4 Å². The number of carbonyl (C=O) groups is 2. The van der Waals surface area contributed by atoms with Crippen LogP contribution in [0.2, 0.25) is 0 Å². The number of carboxylic acid groups (broad SMARTS) is 1. The van der Waals surface area contributed by atoms with Crippen molar-refractivity contribution >= 4 is 12.0 Å². The molecule has 0 bridgehead atoms. The SMILES string of the molecule is O=C(NCC1(Cc2ccccc2)CCCC1)NC1CCC(C(=O)O)CC1. The third-order valence-corrected chi connectivity index (χ3v) is 6.12. The van der Waals surface area contributed by atoms with Crippen molar-refractivity contribution in [3.05, 3.63) is 35.9 Å². The summed E-state index contributed by atoms with van der Waals surface area (Å²) in [4.78, 5) is 23.4. The average Bonchev–Trinajstić information content (AvgIpc) is 3.10. The van der Waals surface area contributed by atoms with E-state index in [1.807, 2.05) is 6.07 Å². The topological polar surface area (TPSA) is 78.4 Å². The first kappa shape index (κ1) is 18.7. The summed E-state index contributed by atoms with van der Waals surface area (Å²) in [6.45, 7) is 0.707. The molecule has 2 saturated carbocycles. The molecule has 0 spiro atoms. The molecule has 0 aromatic heterocycles. The molecule has 0 unspecified atom stereocenters. The lowest BCUT2D eigenvalue weighted by Crippen LogP contribution is -2.47. The van der Waals surface area contributed by atoms with Gasteiger partial charge in [0, 0.05) is 12.6 Å². The maximum absolute atomic E-state index is 12.3. The summed E-state index contributed by atoms with van der Waals surface area (Å²) in [5.74, 6) is -0.958. The summed E-state index contributed by atoms with van der Waals surface area (Å²) in [5.41, 5.74) is 1.50. The molecule has 1 aromatic rings. The summed E-state index contributed by atoms with van der Waals surface area (Å²) in [5, 5.41) is 15.2. The largest absolute Gasteiger partial charge is 0.481 e. The van der Waals surface area contributed by atoms with Gasteiger partial charge in [-0.3, -0.25) is 4.79 Å². The van der Waals surface area contributed by atoms with E-state index < -0.39 is 5.97 Å². The molecule has 5 heteroatoms. The van der Waals surface area contributed by atoms with Gasteiger partial charge < -0.3 is 15.7 Å². The Morgan fingerprint density at radius 3 is 2.31 bits per heavy atom. The number of carboxylic acids is 1. The van der Waals surface area contributed by atoms with E-state index >= 15 is 0 Å². The Balaban J connectivity index is 1.47. The minimum atomic E-state index is -0.711. The van der Waals surface area contributed by atoms with Crippen LogP contribution >= 0.6 is 0 Å². The molecule has 2 fully saturated rings. The number of benzene rings is 1. The summed E-state index contributed by atoms with van der Waals surface area (Å²) < 4.78 is 0. The molecule has 2 aliphatic carbocycles. The number of urea groups is 1. The van der Waals surface area contributed by atoms with Crippen molar-refractivity contribution in [2.24, 2.45) is 11.3 Å². The highest BCUT2D eigenvalue weighted by Crippen LogP contribution is 2.40. The van der Waals surface area contributed by atoms with Crippen LogP contribution in [0.15, 0.2) is 30.3 Å². The molecule has 3 rings (SSSR count). The lowest BCUT2D eigenvalue weighted by atomic mass is 9.80. The quantitative estimate of drug-likeness (QED) is 0.725. The predicted octanol–water partition coefficient (Wildman–Crippen LogP) is 3.73. The lowest BCUT2D eigenvalue weighted by Gasteiger charge is -2.31. The highest BCUT2D eigenvalue weighted by Gasteiger charge is 2.34. The van der Waals surface area contributed by atoms with Crippen LogP contribution in [-0.2, 0) is 11.2 Å². The number of carbonyl (C=O) groups excluding carboxylic acids is 1. The molecule has 142 valence electrons. The normalized spacial score (nSPS) is 24.8. The molecule has 0 heterocycles. The van der Waals surface area contributed by atoms with E-state index in [1.54, 1.807) is 0 Å². The van der Waals surface area contributed by atoms with Gasteiger partial charge in [0.2, 0.25) is 0 Å². The summed E-state index contributed by atoms with van der Waals surface area (Å²) in [6, 6.07) is 10.5. The van der Waals surface area contributed by atoms with Crippen molar-refractivity contribution in [2.45, 2.75) is 63.8 Å². The number of amides is 2. The molecule has 0 saturated heterocycles. The van der Waals surface area contributed by atoms with Crippen LogP contribution in [0.4, 0.5) is 4.79 Å². The molecule has 1 aromatic carbocycles. The first-order valence-corrected chi connectivity index (χ1v) is 9.87. The van der Waals surface area contributed by atoms with Crippen molar-refractivity contribution in [2.75, 3.05) is 6.54 Å². The smallest absolute Gasteiger partial charge is 0.315 e. The van der Waals surface area contributed by atoms with Crippen LogP contribution in [0.5, 0.6) is 0 Å². The van der Waals surface area contributed by atoms with Crippen LogP contribution in [-0.4, -0.2) is 29.7 Å². The molecular weight excluding hydrogens is 328 g/mol. The van der Waals surface area contributed by atoms with Gasteiger partial charge in [0.15, 0.2) is 0 Å². The Hall–Kier alpha value is -2.04. The molecule has 0 atom stereocenters. The molecule has 5 nitrogen and oxygen atoms in total. The van der Waals surface area contributed by atoms with Gasteiger partial charge in [-0.15, -0.1) is 0 Å². The second-order valence-corrected chi connectivity index (χ2v) is 8.08. The Labute approximate surface area is 155 Å². The van der Waals surface area contributed by atoms with Crippen molar-refractivity contribution in [1.29, 1.82) is 0 Å². The highest BCUT2D eigenvalue weighted by atomic mass is 16.4. The Bertz CT molecular complexity index is 603. The second kappa shape index (κ2) is 8.56. The molecule has 3 N–H and O–H groups in total. The maximum Gasteiger partial charge on any atom is 0.315 e. The first-order chi connectivity index (χ1) is 12.6. The summed E-state index contributed by atoms with van der Waals surface area (Å²) in [7, 11) is 0. The zero-order valence-corrected chi connectivity index (χ0v) is 15.4. The van der Waals surface area contributed by atoms with Gasteiger partial charge in [0.25, 0.3) is 0 Å². The fourth-order valence-electron chi connectivity index (χ4n) is 4.56. The fraction of sp³-hybridized carbons (Fsp3) is 0.619. The van der Waals surface area contributed by atoms with E-state index in [2.05, 4.69) is 34.9 Å². The van der Waals surface area contributed by atoms with E-state index in [0.717, 1.165) is 32.1 Å². The van der Waals surface area contributed by atoms with Gasteiger partial charge in [-0.1, -0.05) is 43.2 Å². The van der Waals surface area contributed by atoms with Gasteiger partial charge >= 0.3 is 12.0 Å². The lowest BCUT2D eigenvalue weighted by molar-refractivity contribution is -0.142. The maximum atomic E-state index is 12.3. The third-order valence-electron chi connectivity index (χ3n) is 6.12. The first-order valence-electron chi connectivity index (χ1n) is 9.87. The molecule has 26 heavy (non-hydrogen) atoms. The summed E-state index contributed by atoms with van der Waals surface area (Å²) in [6.07, 6.45) is 8.59. The number of aliphatic carboxylic acids is 1. The molecule has 2 aliphatic rings. The molecule has 0 aliphatic heterocycles. The Morgan fingerprint density at radius 1 is 1.04 bits per heavy atom. The van der Waals surface area contributed by atoms with Crippen LogP contribution < -0.4 is 10.6 Å². The fourth-order valence-corrected chi connectivity index (χ4v) is 4.56. The molecular formula is C21H30N2O3. The third kappa shape index (κ3) is 4.99. The van der Waals surface area contributed by atoms with Crippen LogP contribution in [0, 0.1) is 11.3 Å². The Morgan fingerprint density at radius 2 is 1.69 bits per heavy atom. The standard InChI is InChI=1S/C21H30N2O3/c24-19(25)17-8-10-18(11-9-17)23-20(26)22-15-21(12-4-5-13-21)14-16-6-2-1-3-7-16/h1-3,6-7,17-18H,4-5,8-15H2,(H,24,25)(H2,22,23,26).